The summed E-state index contributed by atoms with van der Waals surface area (Å²) >= 11 is 0. The normalized spacial score (nSPS) is 16.5. The van der Waals surface area contributed by atoms with Crippen molar-refractivity contribution in [3.63, 3.8) is 0 Å². The van der Waals surface area contributed by atoms with Crippen LogP contribution in [-0.2, 0) is 7.05 Å². The van der Waals surface area contributed by atoms with E-state index in [0.29, 0.717) is 56.5 Å². The molecule has 0 radical (unpaired) electrons. The van der Waals surface area contributed by atoms with Crippen molar-refractivity contribution in [3.05, 3.63) is 36.3 Å². The van der Waals surface area contributed by atoms with Gasteiger partial charge in [0.05, 0.1) is 11.6 Å². The van der Waals surface area contributed by atoms with E-state index in [-0.39, 0.29) is 5.91 Å². The van der Waals surface area contributed by atoms with Crippen LogP contribution in [0.4, 0.5) is 5.82 Å². The fourth-order valence-electron chi connectivity index (χ4n) is 3.68. The molecule has 4 heterocycles. The Balaban J connectivity index is 1.31. The lowest BCUT2D eigenvalue weighted by molar-refractivity contribution is 0.0745. The van der Waals surface area contributed by atoms with E-state index in [1.165, 1.54) is 0 Å². The molecule has 2 aromatic heterocycles. The molecule has 0 saturated carbocycles. The first kappa shape index (κ1) is 16.8. The second-order valence-corrected chi connectivity index (χ2v) is 6.84. The number of hydrogen-bond acceptors (Lipinski definition) is 7. The standard InChI is InChI=1S/C19H20N6O3/c1-23-17-14(11-22-23)18(21-12-20-17)24-4-6-25(7-5-24)19(26)13-2-3-15-16(10-13)28-9-8-27-15/h2-3,10-12H,4-9H2,1H3. The van der Waals surface area contributed by atoms with Gasteiger partial charge in [0.2, 0.25) is 0 Å². The van der Waals surface area contributed by atoms with Crippen LogP contribution in [0.25, 0.3) is 11.0 Å². The van der Waals surface area contributed by atoms with Crippen LogP contribution >= 0.6 is 0 Å². The van der Waals surface area contributed by atoms with Crippen LogP contribution in [-0.4, -0.2) is 69.9 Å². The van der Waals surface area contributed by atoms with E-state index in [1.54, 1.807) is 35.4 Å². The Bertz CT molecular complexity index is 1040. The summed E-state index contributed by atoms with van der Waals surface area (Å²) in [7, 11) is 1.86. The molecule has 0 unspecified atom stereocenters. The quantitative estimate of drug-likeness (QED) is 0.658. The summed E-state index contributed by atoms with van der Waals surface area (Å²) in [6.07, 6.45) is 3.35. The third-order valence-corrected chi connectivity index (χ3v) is 5.16. The predicted octanol–water partition coefficient (Wildman–Crippen LogP) is 1.10. The number of benzene rings is 1. The van der Waals surface area contributed by atoms with E-state index in [2.05, 4.69) is 20.0 Å². The van der Waals surface area contributed by atoms with Crippen molar-refractivity contribution in [2.24, 2.45) is 7.05 Å². The van der Waals surface area contributed by atoms with E-state index < -0.39 is 0 Å². The first-order valence-corrected chi connectivity index (χ1v) is 9.27. The third kappa shape index (κ3) is 2.79. The summed E-state index contributed by atoms with van der Waals surface area (Å²) in [5.41, 5.74) is 1.43. The van der Waals surface area contributed by atoms with Crippen LogP contribution in [0.15, 0.2) is 30.7 Å². The Morgan fingerprint density at radius 1 is 1.04 bits per heavy atom. The van der Waals surface area contributed by atoms with Crippen molar-refractivity contribution in [3.8, 4) is 11.5 Å². The molecule has 9 nitrogen and oxygen atoms in total. The molecule has 0 N–H and O–H groups in total. The van der Waals surface area contributed by atoms with E-state index in [0.717, 1.165) is 16.9 Å². The summed E-state index contributed by atoms with van der Waals surface area (Å²) < 4.78 is 12.9. The number of aryl methyl sites for hydroxylation is 1. The molecule has 0 bridgehead atoms. The molecule has 1 amide bonds. The highest BCUT2D eigenvalue weighted by Crippen LogP contribution is 2.31. The van der Waals surface area contributed by atoms with Crippen molar-refractivity contribution >= 4 is 22.8 Å². The number of aromatic nitrogens is 4. The monoisotopic (exact) mass is 380 g/mol. The first-order valence-electron chi connectivity index (χ1n) is 9.27. The summed E-state index contributed by atoms with van der Waals surface area (Å²) in [6.45, 7) is 3.70. The smallest absolute Gasteiger partial charge is 0.254 e. The lowest BCUT2D eigenvalue weighted by atomic mass is 10.1. The van der Waals surface area contributed by atoms with Crippen molar-refractivity contribution in [1.29, 1.82) is 0 Å². The lowest BCUT2D eigenvalue weighted by Crippen LogP contribution is -2.49. The molecule has 0 aliphatic carbocycles. The lowest BCUT2D eigenvalue weighted by Gasteiger charge is -2.35. The van der Waals surface area contributed by atoms with Gasteiger partial charge in [0.1, 0.15) is 25.4 Å². The summed E-state index contributed by atoms with van der Waals surface area (Å²) in [6, 6.07) is 5.37. The number of carbonyl (C=O) groups is 1. The van der Waals surface area contributed by atoms with Crippen LogP contribution in [0.1, 0.15) is 10.4 Å². The van der Waals surface area contributed by atoms with Crippen molar-refractivity contribution in [2.75, 3.05) is 44.3 Å². The van der Waals surface area contributed by atoms with Crippen LogP contribution in [0.3, 0.4) is 0 Å². The maximum Gasteiger partial charge on any atom is 0.254 e. The summed E-state index contributed by atoms with van der Waals surface area (Å²) in [5.74, 6) is 2.20. The average Bonchev–Trinajstić information content (AvgIpc) is 3.14. The van der Waals surface area contributed by atoms with Crippen molar-refractivity contribution in [1.82, 2.24) is 24.6 Å². The zero-order valence-corrected chi connectivity index (χ0v) is 15.5. The Morgan fingerprint density at radius 3 is 2.64 bits per heavy atom. The molecular formula is C19H20N6O3. The minimum atomic E-state index is 0.00540. The molecule has 0 atom stereocenters. The van der Waals surface area contributed by atoms with Gasteiger partial charge in [0.15, 0.2) is 17.1 Å². The fraction of sp³-hybridized carbons (Fsp3) is 0.368. The zero-order valence-electron chi connectivity index (χ0n) is 15.5. The maximum absolute atomic E-state index is 12.9. The Kier molecular flexibility index (Phi) is 4.00. The molecule has 2 aliphatic rings. The van der Waals surface area contributed by atoms with E-state index in [1.807, 2.05) is 11.9 Å². The number of rotatable bonds is 2. The number of anilines is 1. The average molecular weight is 380 g/mol. The maximum atomic E-state index is 12.9. The molecule has 0 spiro atoms. The van der Waals surface area contributed by atoms with Crippen molar-refractivity contribution < 1.29 is 14.3 Å². The second kappa shape index (κ2) is 6.66. The van der Waals surface area contributed by atoms with Gasteiger partial charge in [-0.25, -0.2) is 9.97 Å². The minimum Gasteiger partial charge on any atom is -0.486 e. The predicted molar refractivity (Wildman–Crippen MR) is 102 cm³/mol. The van der Waals surface area contributed by atoms with Gasteiger partial charge < -0.3 is 19.3 Å². The number of fused-ring (bicyclic) bond motifs is 2. The molecule has 1 fully saturated rings. The zero-order chi connectivity index (χ0) is 19.1. The van der Waals surface area contributed by atoms with Gasteiger partial charge >= 0.3 is 0 Å². The van der Waals surface area contributed by atoms with Crippen LogP contribution in [0, 0.1) is 0 Å². The number of piperazine rings is 1. The molecule has 3 aromatic rings. The van der Waals surface area contributed by atoms with Gasteiger partial charge in [0, 0.05) is 38.8 Å². The second-order valence-electron chi connectivity index (χ2n) is 6.84. The summed E-state index contributed by atoms with van der Waals surface area (Å²) in [5, 5.41) is 5.20. The van der Waals surface area contributed by atoms with E-state index >= 15 is 0 Å². The molecule has 1 saturated heterocycles. The Morgan fingerprint density at radius 2 is 1.82 bits per heavy atom. The van der Waals surface area contributed by atoms with E-state index in [4.69, 9.17) is 9.47 Å². The molecule has 5 rings (SSSR count). The van der Waals surface area contributed by atoms with Gasteiger partial charge in [-0.15, -0.1) is 0 Å². The molecular weight excluding hydrogens is 360 g/mol. The highest BCUT2D eigenvalue weighted by atomic mass is 16.6. The third-order valence-electron chi connectivity index (χ3n) is 5.16. The fourth-order valence-corrected chi connectivity index (χ4v) is 3.68. The highest BCUT2D eigenvalue weighted by molar-refractivity contribution is 5.95. The van der Waals surface area contributed by atoms with Gasteiger partial charge in [-0.05, 0) is 18.2 Å². The number of nitrogens with zero attached hydrogens (tertiary/aromatic N) is 6. The van der Waals surface area contributed by atoms with Gasteiger partial charge in [-0.3, -0.25) is 9.48 Å². The molecule has 144 valence electrons. The van der Waals surface area contributed by atoms with Crippen LogP contribution in [0.2, 0.25) is 0 Å². The topological polar surface area (TPSA) is 85.6 Å². The molecule has 1 aromatic carbocycles. The number of ether oxygens (including phenoxy) is 2. The molecule has 2 aliphatic heterocycles. The SMILES string of the molecule is Cn1ncc2c(N3CCN(C(=O)c4ccc5c(c4)OCCO5)CC3)ncnc21. The Labute approximate surface area is 161 Å². The number of carbonyl (C=O) groups excluding carboxylic acids is 1. The number of hydrogen-bond donors (Lipinski definition) is 0. The van der Waals surface area contributed by atoms with Crippen LogP contribution < -0.4 is 14.4 Å². The molecule has 9 heteroatoms. The summed E-state index contributed by atoms with van der Waals surface area (Å²) in [4.78, 5) is 25.7. The van der Waals surface area contributed by atoms with E-state index in [9.17, 15) is 4.79 Å². The molecule has 28 heavy (non-hydrogen) atoms. The minimum absolute atomic E-state index is 0.00540. The van der Waals surface area contributed by atoms with Crippen LogP contribution in [0.5, 0.6) is 11.5 Å². The first-order chi connectivity index (χ1) is 13.7. The van der Waals surface area contributed by atoms with Gasteiger partial charge in [0.25, 0.3) is 5.91 Å². The highest BCUT2D eigenvalue weighted by Gasteiger charge is 2.25. The van der Waals surface area contributed by atoms with Gasteiger partial charge in [-0.1, -0.05) is 0 Å². The van der Waals surface area contributed by atoms with Gasteiger partial charge in [-0.2, -0.15) is 5.10 Å². The largest absolute Gasteiger partial charge is 0.486 e. The Hall–Kier alpha value is -3.36. The van der Waals surface area contributed by atoms with Crippen molar-refractivity contribution in [2.45, 2.75) is 0 Å². The number of amides is 1.